The lowest BCUT2D eigenvalue weighted by atomic mass is 10.2. The zero-order valence-electron chi connectivity index (χ0n) is 12.0. The van der Waals surface area contributed by atoms with E-state index in [1.165, 1.54) is 0 Å². The van der Waals surface area contributed by atoms with E-state index in [4.69, 9.17) is 9.47 Å². The zero-order valence-corrected chi connectivity index (χ0v) is 12.0. The van der Waals surface area contributed by atoms with Crippen LogP contribution < -0.4 is 5.32 Å². The van der Waals surface area contributed by atoms with E-state index in [9.17, 15) is 9.59 Å². The van der Waals surface area contributed by atoms with Crippen molar-refractivity contribution < 1.29 is 19.1 Å². The Morgan fingerprint density at radius 2 is 2.16 bits per heavy atom. The van der Waals surface area contributed by atoms with E-state index >= 15 is 0 Å². The molecule has 1 aliphatic rings. The number of nitrogens with zero attached hydrogens (tertiary/aromatic N) is 1. The van der Waals surface area contributed by atoms with Gasteiger partial charge in [-0.25, -0.2) is 4.79 Å². The lowest BCUT2D eigenvalue weighted by Crippen LogP contribution is -2.44. The summed E-state index contributed by atoms with van der Waals surface area (Å²) in [6, 6.07) is 0.131. The fourth-order valence-corrected chi connectivity index (χ4v) is 2.07. The van der Waals surface area contributed by atoms with Gasteiger partial charge in [0.2, 0.25) is 5.91 Å². The number of ether oxygens (including phenoxy) is 2. The topological polar surface area (TPSA) is 67.9 Å². The number of rotatable bonds is 6. The second-order valence-electron chi connectivity index (χ2n) is 5.18. The Kier molecular flexibility index (Phi) is 6.62. The van der Waals surface area contributed by atoms with Gasteiger partial charge in [-0.2, -0.15) is 0 Å². The van der Waals surface area contributed by atoms with E-state index < -0.39 is 6.09 Å². The summed E-state index contributed by atoms with van der Waals surface area (Å²) in [5.41, 5.74) is 0. The van der Waals surface area contributed by atoms with Crippen LogP contribution in [0.2, 0.25) is 0 Å². The summed E-state index contributed by atoms with van der Waals surface area (Å²) in [6.07, 6.45) is 1.40. The molecular weight excluding hydrogens is 248 g/mol. The van der Waals surface area contributed by atoms with E-state index in [1.54, 1.807) is 12.0 Å². The fraction of sp³-hybridized carbons (Fsp3) is 0.846. The van der Waals surface area contributed by atoms with Gasteiger partial charge >= 0.3 is 6.09 Å². The van der Waals surface area contributed by atoms with Crippen LogP contribution in [0.1, 0.15) is 26.7 Å². The maximum Gasteiger partial charge on any atom is 0.407 e. The number of amides is 2. The van der Waals surface area contributed by atoms with Gasteiger partial charge in [0.1, 0.15) is 6.54 Å². The minimum atomic E-state index is -0.537. The Balaban J connectivity index is 2.28. The van der Waals surface area contributed by atoms with Crippen molar-refractivity contribution in [2.24, 2.45) is 5.92 Å². The molecule has 2 amide bonds. The van der Waals surface area contributed by atoms with Crippen LogP contribution in [0.3, 0.4) is 0 Å². The lowest BCUT2D eigenvalue weighted by Gasteiger charge is -2.24. The summed E-state index contributed by atoms with van der Waals surface area (Å²) in [6.45, 7) is 5.53. The molecule has 0 saturated carbocycles. The minimum Gasteiger partial charge on any atom is -0.449 e. The molecule has 0 spiro atoms. The molecule has 1 fully saturated rings. The molecule has 0 aromatic heterocycles. The van der Waals surface area contributed by atoms with Crippen LogP contribution in [0.15, 0.2) is 0 Å². The van der Waals surface area contributed by atoms with Crippen LogP contribution >= 0.6 is 0 Å². The molecule has 1 N–H and O–H groups in total. The predicted molar refractivity (Wildman–Crippen MR) is 70.8 cm³/mol. The molecule has 6 heteroatoms. The summed E-state index contributed by atoms with van der Waals surface area (Å²) >= 11 is 0. The molecule has 1 atom stereocenters. The average Bonchev–Trinajstić information content (AvgIpc) is 2.82. The van der Waals surface area contributed by atoms with Crippen molar-refractivity contribution >= 4 is 12.0 Å². The van der Waals surface area contributed by atoms with Crippen LogP contribution in [0, 0.1) is 5.92 Å². The normalized spacial score (nSPS) is 18.7. The van der Waals surface area contributed by atoms with Gasteiger partial charge in [0.25, 0.3) is 0 Å². The Hall–Kier alpha value is -1.30. The van der Waals surface area contributed by atoms with Gasteiger partial charge in [-0.1, -0.05) is 13.8 Å². The average molecular weight is 272 g/mol. The highest BCUT2D eigenvalue weighted by atomic mass is 16.5. The first-order valence-electron chi connectivity index (χ1n) is 6.73. The molecule has 0 radical (unpaired) electrons. The highest BCUT2D eigenvalue weighted by molar-refractivity contribution is 5.82. The van der Waals surface area contributed by atoms with Crippen molar-refractivity contribution in [3.8, 4) is 0 Å². The third-order valence-corrected chi connectivity index (χ3v) is 2.99. The summed E-state index contributed by atoms with van der Waals surface area (Å²) in [5.74, 6) is 0.201. The number of carbonyl (C=O) groups is 2. The summed E-state index contributed by atoms with van der Waals surface area (Å²) in [7, 11) is 1.63. The first-order valence-corrected chi connectivity index (χ1v) is 6.73. The predicted octanol–water partition coefficient (Wildman–Crippen LogP) is 1.01. The van der Waals surface area contributed by atoms with E-state index in [1.807, 2.05) is 13.8 Å². The molecule has 110 valence electrons. The molecule has 0 aromatic carbocycles. The van der Waals surface area contributed by atoms with Crippen molar-refractivity contribution in [3.05, 3.63) is 0 Å². The molecule has 1 rings (SSSR count). The molecular formula is C13H24N2O4. The second kappa shape index (κ2) is 7.99. The Morgan fingerprint density at radius 1 is 1.42 bits per heavy atom. The third-order valence-electron chi connectivity index (χ3n) is 2.99. The van der Waals surface area contributed by atoms with Gasteiger partial charge < -0.3 is 19.7 Å². The maximum absolute atomic E-state index is 12.0. The number of carbonyl (C=O) groups excluding carboxylic acids is 2. The second-order valence-corrected chi connectivity index (χ2v) is 5.18. The van der Waals surface area contributed by atoms with Gasteiger partial charge in [-0.05, 0) is 18.8 Å². The quantitative estimate of drug-likeness (QED) is 0.783. The molecule has 1 saturated heterocycles. The van der Waals surface area contributed by atoms with Crippen molar-refractivity contribution in [1.29, 1.82) is 0 Å². The van der Waals surface area contributed by atoms with Crippen LogP contribution in [0.5, 0.6) is 0 Å². The smallest absolute Gasteiger partial charge is 0.407 e. The Bertz CT molecular complexity index is 307. The fourth-order valence-electron chi connectivity index (χ4n) is 2.07. The minimum absolute atomic E-state index is 0.0167. The molecule has 0 unspecified atom stereocenters. The number of likely N-dealkylation sites (tertiary alicyclic amines) is 1. The molecule has 0 aliphatic carbocycles. The van der Waals surface area contributed by atoms with E-state index in [2.05, 4.69) is 5.32 Å². The van der Waals surface area contributed by atoms with Crippen molar-refractivity contribution in [2.75, 3.05) is 33.4 Å². The molecule has 0 bridgehead atoms. The standard InChI is InChI=1S/C13H24N2O4/c1-10(2)8-19-13(17)14-7-12(16)15-6-4-5-11(15)9-18-3/h10-11H,4-9H2,1-3H3,(H,14,17)/t11-/m0/s1. The van der Waals surface area contributed by atoms with E-state index in [0.717, 1.165) is 19.4 Å². The number of hydrogen-bond donors (Lipinski definition) is 1. The third kappa shape index (κ3) is 5.46. The van der Waals surface area contributed by atoms with Gasteiger partial charge in [0, 0.05) is 13.7 Å². The first-order chi connectivity index (χ1) is 9.04. The van der Waals surface area contributed by atoms with Crippen LogP contribution in [0.4, 0.5) is 4.79 Å². The van der Waals surface area contributed by atoms with Gasteiger partial charge in [0.15, 0.2) is 0 Å². The van der Waals surface area contributed by atoms with Crippen LogP contribution in [-0.4, -0.2) is 56.4 Å². The highest BCUT2D eigenvalue weighted by Crippen LogP contribution is 2.17. The van der Waals surface area contributed by atoms with Gasteiger partial charge in [0.05, 0.1) is 19.3 Å². The highest BCUT2D eigenvalue weighted by Gasteiger charge is 2.28. The van der Waals surface area contributed by atoms with Crippen molar-refractivity contribution in [3.63, 3.8) is 0 Å². The van der Waals surface area contributed by atoms with Crippen molar-refractivity contribution in [2.45, 2.75) is 32.7 Å². The van der Waals surface area contributed by atoms with Crippen LogP contribution in [0.25, 0.3) is 0 Å². The molecule has 1 heterocycles. The molecule has 0 aromatic rings. The summed E-state index contributed by atoms with van der Waals surface area (Å²) in [4.78, 5) is 25.1. The monoisotopic (exact) mass is 272 g/mol. The van der Waals surface area contributed by atoms with E-state index in [0.29, 0.717) is 13.2 Å². The Labute approximate surface area is 114 Å². The maximum atomic E-state index is 12.0. The number of methoxy groups -OCH3 is 1. The largest absolute Gasteiger partial charge is 0.449 e. The Morgan fingerprint density at radius 3 is 2.79 bits per heavy atom. The lowest BCUT2D eigenvalue weighted by molar-refractivity contribution is -0.131. The summed E-state index contributed by atoms with van der Waals surface area (Å²) < 4.78 is 10.0. The molecule has 1 aliphatic heterocycles. The molecule has 6 nitrogen and oxygen atoms in total. The molecule has 19 heavy (non-hydrogen) atoms. The number of hydrogen-bond acceptors (Lipinski definition) is 4. The SMILES string of the molecule is COC[C@@H]1CCCN1C(=O)CNC(=O)OCC(C)C. The number of nitrogens with one attached hydrogen (secondary N) is 1. The van der Waals surface area contributed by atoms with E-state index in [-0.39, 0.29) is 24.4 Å². The summed E-state index contributed by atoms with van der Waals surface area (Å²) in [5, 5.41) is 2.48. The zero-order chi connectivity index (χ0) is 14.3. The first kappa shape index (κ1) is 15.8. The van der Waals surface area contributed by atoms with Gasteiger partial charge in [-0.15, -0.1) is 0 Å². The van der Waals surface area contributed by atoms with Crippen LogP contribution in [-0.2, 0) is 14.3 Å². The number of alkyl carbamates (subject to hydrolysis) is 1. The van der Waals surface area contributed by atoms with Crippen molar-refractivity contribution in [1.82, 2.24) is 10.2 Å². The van der Waals surface area contributed by atoms with Gasteiger partial charge in [-0.3, -0.25) is 4.79 Å².